The monoisotopic (exact) mass is 393 g/mol. The molecule has 0 bridgehead atoms. The zero-order chi connectivity index (χ0) is 20.2. The number of ether oxygens (including phenoxy) is 4. The van der Waals surface area contributed by atoms with Crippen molar-refractivity contribution in [1.82, 2.24) is 4.98 Å². The van der Waals surface area contributed by atoms with Crippen LogP contribution in [0.3, 0.4) is 0 Å². The van der Waals surface area contributed by atoms with Crippen molar-refractivity contribution >= 4 is 23.0 Å². The highest BCUT2D eigenvalue weighted by molar-refractivity contribution is 6.03. The van der Waals surface area contributed by atoms with E-state index in [1.807, 2.05) is 12.1 Å². The number of methoxy groups -OCH3 is 2. The number of hydrogen-bond donors (Lipinski definition) is 2. The van der Waals surface area contributed by atoms with Gasteiger partial charge in [-0.2, -0.15) is 0 Å². The van der Waals surface area contributed by atoms with Crippen LogP contribution in [0, 0.1) is 0 Å². The molecule has 0 atom stereocenters. The number of amides is 1. The second-order valence-electron chi connectivity index (χ2n) is 6.15. The van der Waals surface area contributed by atoms with Gasteiger partial charge in [-0.05, 0) is 36.4 Å². The van der Waals surface area contributed by atoms with Crippen molar-refractivity contribution in [1.29, 1.82) is 0 Å². The Hall–Kier alpha value is -3.94. The largest absolute Gasteiger partial charge is 0.493 e. The number of benzene rings is 2. The number of anilines is 3. The molecule has 2 heterocycles. The van der Waals surface area contributed by atoms with Gasteiger partial charge in [0.15, 0.2) is 23.0 Å². The molecule has 0 aliphatic carbocycles. The fourth-order valence-corrected chi connectivity index (χ4v) is 2.88. The van der Waals surface area contributed by atoms with Gasteiger partial charge in [-0.1, -0.05) is 0 Å². The van der Waals surface area contributed by atoms with Crippen LogP contribution in [-0.2, 0) is 0 Å². The zero-order valence-corrected chi connectivity index (χ0v) is 15.9. The van der Waals surface area contributed by atoms with Gasteiger partial charge < -0.3 is 29.6 Å². The molecule has 29 heavy (non-hydrogen) atoms. The smallest absolute Gasteiger partial charge is 0.274 e. The molecule has 0 radical (unpaired) electrons. The van der Waals surface area contributed by atoms with E-state index < -0.39 is 0 Å². The molecule has 0 spiro atoms. The molecule has 0 saturated carbocycles. The quantitative estimate of drug-likeness (QED) is 0.658. The molecule has 8 heteroatoms. The van der Waals surface area contributed by atoms with E-state index in [4.69, 9.17) is 18.9 Å². The summed E-state index contributed by atoms with van der Waals surface area (Å²) in [6, 6.07) is 14.1. The first-order chi connectivity index (χ1) is 14.2. The number of carbonyl (C=O) groups is 1. The summed E-state index contributed by atoms with van der Waals surface area (Å²) in [6.45, 7) is 0.179. The van der Waals surface area contributed by atoms with Crippen molar-refractivity contribution in [3.8, 4) is 23.0 Å². The Morgan fingerprint density at radius 3 is 2.48 bits per heavy atom. The van der Waals surface area contributed by atoms with Crippen LogP contribution in [-0.4, -0.2) is 31.9 Å². The third kappa shape index (κ3) is 4.01. The number of pyridine rings is 1. The third-order valence-corrected chi connectivity index (χ3v) is 4.30. The summed E-state index contributed by atoms with van der Waals surface area (Å²) in [5, 5.41) is 6.04. The Morgan fingerprint density at radius 1 is 0.897 bits per heavy atom. The highest BCUT2D eigenvalue weighted by Crippen LogP contribution is 2.34. The molecule has 1 aliphatic heterocycles. The maximum atomic E-state index is 12.6. The van der Waals surface area contributed by atoms with Gasteiger partial charge in [0.2, 0.25) is 6.79 Å². The minimum Gasteiger partial charge on any atom is -0.493 e. The molecular weight excluding hydrogens is 374 g/mol. The Labute approximate surface area is 167 Å². The average molecular weight is 393 g/mol. The Morgan fingerprint density at radius 2 is 1.66 bits per heavy atom. The van der Waals surface area contributed by atoms with Crippen LogP contribution < -0.4 is 29.6 Å². The Balaban J connectivity index is 1.49. The van der Waals surface area contributed by atoms with Crippen molar-refractivity contribution < 1.29 is 23.7 Å². The molecular formula is C21H19N3O5. The average Bonchev–Trinajstić information content (AvgIpc) is 3.21. The Bertz CT molecular complexity index is 1050. The summed E-state index contributed by atoms with van der Waals surface area (Å²) in [5.74, 6) is 2.16. The fourth-order valence-electron chi connectivity index (χ4n) is 2.88. The van der Waals surface area contributed by atoms with Gasteiger partial charge in [0.25, 0.3) is 5.91 Å². The number of hydrogen-bond acceptors (Lipinski definition) is 7. The van der Waals surface area contributed by atoms with Crippen LogP contribution >= 0.6 is 0 Å². The lowest BCUT2D eigenvalue weighted by molar-refractivity contribution is 0.102. The second kappa shape index (κ2) is 7.97. The van der Waals surface area contributed by atoms with Gasteiger partial charge in [-0.3, -0.25) is 9.78 Å². The highest BCUT2D eigenvalue weighted by atomic mass is 16.7. The van der Waals surface area contributed by atoms with E-state index in [-0.39, 0.29) is 18.4 Å². The minimum atomic E-state index is -0.333. The van der Waals surface area contributed by atoms with Crippen molar-refractivity contribution in [2.24, 2.45) is 0 Å². The number of nitrogens with zero attached hydrogens (tertiary/aromatic N) is 1. The van der Waals surface area contributed by atoms with Gasteiger partial charge in [0.05, 0.1) is 14.2 Å². The first-order valence-corrected chi connectivity index (χ1v) is 8.82. The summed E-state index contributed by atoms with van der Waals surface area (Å²) in [4.78, 5) is 16.8. The number of aromatic nitrogens is 1. The molecule has 0 saturated heterocycles. The molecule has 0 unspecified atom stereocenters. The molecule has 148 valence electrons. The third-order valence-electron chi connectivity index (χ3n) is 4.30. The van der Waals surface area contributed by atoms with Gasteiger partial charge in [0.1, 0.15) is 5.69 Å². The van der Waals surface area contributed by atoms with E-state index in [0.29, 0.717) is 34.4 Å². The highest BCUT2D eigenvalue weighted by Gasteiger charge is 2.15. The van der Waals surface area contributed by atoms with Crippen LogP contribution in [0.5, 0.6) is 23.0 Å². The van der Waals surface area contributed by atoms with E-state index in [2.05, 4.69) is 15.6 Å². The van der Waals surface area contributed by atoms with Crippen LogP contribution in [0.2, 0.25) is 0 Å². The Kier molecular flexibility index (Phi) is 5.07. The van der Waals surface area contributed by atoms with Gasteiger partial charge in [0, 0.05) is 35.4 Å². The number of nitrogens with one attached hydrogen (secondary N) is 2. The van der Waals surface area contributed by atoms with Crippen molar-refractivity contribution in [2.45, 2.75) is 0 Å². The van der Waals surface area contributed by atoms with Crippen LogP contribution in [0.15, 0.2) is 54.7 Å². The van der Waals surface area contributed by atoms with Gasteiger partial charge in [-0.15, -0.1) is 0 Å². The first-order valence-electron chi connectivity index (χ1n) is 8.82. The van der Waals surface area contributed by atoms with Gasteiger partial charge in [-0.25, -0.2) is 0 Å². The predicted octanol–water partition coefficient (Wildman–Crippen LogP) is 3.82. The van der Waals surface area contributed by atoms with Crippen LogP contribution in [0.25, 0.3) is 0 Å². The minimum absolute atomic E-state index is 0.179. The first kappa shape index (κ1) is 18.4. The molecule has 2 aromatic carbocycles. The van der Waals surface area contributed by atoms with E-state index in [0.717, 1.165) is 5.69 Å². The number of fused-ring (bicyclic) bond motifs is 1. The molecule has 1 aliphatic rings. The standard InChI is InChI=1S/C21H19N3O5/c1-26-17-5-3-13(10-19(17)27-2)23-15-7-8-22-16(9-15)21(25)24-14-4-6-18-20(11-14)29-12-28-18/h3-11H,12H2,1-2H3,(H,22,23)(H,24,25). The van der Waals surface area contributed by atoms with E-state index in [1.165, 1.54) is 0 Å². The zero-order valence-electron chi connectivity index (χ0n) is 15.9. The topological polar surface area (TPSA) is 90.9 Å². The predicted molar refractivity (Wildman–Crippen MR) is 108 cm³/mol. The van der Waals surface area contributed by atoms with E-state index in [1.54, 1.807) is 56.8 Å². The number of carbonyl (C=O) groups excluding carboxylic acids is 1. The molecule has 2 N–H and O–H groups in total. The molecule has 0 fully saturated rings. The maximum Gasteiger partial charge on any atom is 0.274 e. The lowest BCUT2D eigenvalue weighted by atomic mass is 10.2. The number of rotatable bonds is 6. The van der Waals surface area contributed by atoms with Crippen LogP contribution in [0.1, 0.15) is 10.5 Å². The molecule has 1 amide bonds. The van der Waals surface area contributed by atoms with E-state index in [9.17, 15) is 4.79 Å². The molecule has 3 aromatic rings. The SMILES string of the molecule is COc1ccc(Nc2ccnc(C(=O)Nc3ccc4c(c3)OCO4)c2)cc1OC. The van der Waals surface area contributed by atoms with Crippen molar-refractivity contribution in [3.63, 3.8) is 0 Å². The summed E-state index contributed by atoms with van der Waals surface area (Å²) in [5.41, 5.74) is 2.37. The molecule has 8 nitrogen and oxygen atoms in total. The summed E-state index contributed by atoms with van der Waals surface area (Å²) < 4.78 is 21.2. The summed E-state index contributed by atoms with van der Waals surface area (Å²) in [7, 11) is 3.16. The molecule has 4 rings (SSSR count). The maximum absolute atomic E-state index is 12.6. The fraction of sp³-hybridized carbons (Fsp3) is 0.143. The normalized spacial score (nSPS) is 11.7. The van der Waals surface area contributed by atoms with Crippen molar-refractivity contribution in [3.05, 3.63) is 60.4 Å². The lowest BCUT2D eigenvalue weighted by Crippen LogP contribution is -2.13. The van der Waals surface area contributed by atoms with Crippen molar-refractivity contribution in [2.75, 3.05) is 31.6 Å². The summed E-state index contributed by atoms with van der Waals surface area (Å²) in [6.07, 6.45) is 1.57. The summed E-state index contributed by atoms with van der Waals surface area (Å²) >= 11 is 0. The van der Waals surface area contributed by atoms with E-state index >= 15 is 0 Å². The van der Waals surface area contributed by atoms with Crippen LogP contribution in [0.4, 0.5) is 17.1 Å². The second-order valence-corrected chi connectivity index (χ2v) is 6.15. The lowest BCUT2D eigenvalue weighted by Gasteiger charge is -2.12. The van der Waals surface area contributed by atoms with Gasteiger partial charge >= 0.3 is 0 Å². The molecule has 1 aromatic heterocycles.